The zero-order valence-corrected chi connectivity index (χ0v) is 9.84. The molecule has 0 unspecified atom stereocenters. The second-order valence-corrected chi connectivity index (χ2v) is 4.19. The van der Waals surface area contributed by atoms with Gasteiger partial charge < -0.3 is 5.73 Å². The number of hydrogen-bond donors (Lipinski definition) is 1. The van der Waals surface area contributed by atoms with Crippen molar-refractivity contribution in [1.29, 1.82) is 0 Å². The minimum absolute atomic E-state index is 0.356. The quantitative estimate of drug-likeness (QED) is 0.755. The molecule has 18 heavy (non-hydrogen) atoms. The maximum absolute atomic E-state index is 12.4. The number of benzene rings is 1. The third kappa shape index (κ3) is 3.21. The van der Waals surface area contributed by atoms with Gasteiger partial charge in [-0.25, -0.2) is 0 Å². The van der Waals surface area contributed by atoms with E-state index in [0.717, 1.165) is 0 Å². The Morgan fingerprint density at radius 3 is 1.61 bits per heavy atom. The zero-order chi connectivity index (χ0) is 14.3. The van der Waals surface area contributed by atoms with Crippen LogP contribution in [-0.4, -0.2) is 6.18 Å². The molecule has 1 aromatic carbocycles. The highest BCUT2D eigenvalue weighted by Gasteiger charge is 2.41. The minimum Gasteiger partial charge on any atom is -0.316 e. The summed E-state index contributed by atoms with van der Waals surface area (Å²) in [6.07, 6.45) is -9.61. The van der Waals surface area contributed by atoms with Crippen LogP contribution in [0, 0.1) is 0 Å². The molecule has 0 heterocycles. The standard InChI is InChI=1S/C9H5Cl2F6N/c10-4-1-3(8(12,13)14)2-5(11)6(4)7(18)9(15,16)17/h1-2,7H,18H2/t7-/m1/s1. The van der Waals surface area contributed by atoms with Crippen LogP contribution in [0.5, 0.6) is 0 Å². The highest BCUT2D eigenvalue weighted by molar-refractivity contribution is 6.36. The average molecular weight is 312 g/mol. The molecule has 1 rings (SSSR count). The Morgan fingerprint density at radius 2 is 1.33 bits per heavy atom. The summed E-state index contributed by atoms with van der Waals surface area (Å²) in [5, 5.41) is -1.56. The SMILES string of the molecule is N[C@H](c1c(Cl)cc(C(F)(F)F)cc1Cl)C(F)(F)F. The lowest BCUT2D eigenvalue weighted by Gasteiger charge is -2.19. The molecule has 0 fully saturated rings. The normalized spacial score (nSPS) is 14.7. The molecule has 0 spiro atoms. The Bertz CT molecular complexity index is 430. The van der Waals surface area contributed by atoms with Gasteiger partial charge in [-0.05, 0) is 12.1 Å². The molecule has 0 amide bonds. The smallest absolute Gasteiger partial charge is 0.316 e. The summed E-state index contributed by atoms with van der Waals surface area (Å²) in [4.78, 5) is 0. The average Bonchev–Trinajstić information content (AvgIpc) is 2.13. The van der Waals surface area contributed by atoms with E-state index >= 15 is 0 Å². The van der Waals surface area contributed by atoms with Gasteiger partial charge in [-0.1, -0.05) is 23.2 Å². The van der Waals surface area contributed by atoms with Crippen molar-refractivity contribution in [3.8, 4) is 0 Å². The molecular weight excluding hydrogens is 307 g/mol. The summed E-state index contributed by atoms with van der Waals surface area (Å²) >= 11 is 10.8. The zero-order valence-electron chi connectivity index (χ0n) is 8.33. The fourth-order valence-electron chi connectivity index (χ4n) is 1.21. The summed E-state index contributed by atoms with van der Waals surface area (Å²) in [5.41, 5.74) is 2.84. The maximum atomic E-state index is 12.4. The van der Waals surface area contributed by atoms with Crippen LogP contribution < -0.4 is 5.73 Å². The van der Waals surface area contributed by atoms with Gasteiger partial charge in [0.05, 0.1) is 5.56 Å². The van der Waals surface area contributed by atoms with Crippen molar-refractivity contribution in [2.75, 3.05) is 0 Å². The van der Waals surface area contributed by atoms with Gasteiger partial charge in [0.15, 0.2) is 0 Å². The van der Waals surface area contributed by atoms with Crippen LogP contribution in [0.4, 0.5) is 26.3 Å². The predicted octanol–water partition coefficient (Wildman–Crippen LogP) is 4.57. The van der Waals surface area contributed by atoms with Gasteiger partial charge in [0, 0.05) is 15.6 Å². The van der Waals surface area contributed by atoms with E-state index in [4.69, 9.17) is 28.9 Å². The Balaban J connectivity index is 3.34. The Labute approximate surface area is 107 Å². The molecular formula is C9H5Cl2F6N. The molecule has 1 nitrogen and oxygen atoms in total. The van der Waals surface area contributed by atoms with Gasteiger partial charge in [0.2, 0.25) is 0 Å². The molecule has 0 aromatic heterocycles. The third-order valence-corrected chi connectivity index (χ3v) is 2.70. The number of alkyl halides is 6. The molecule has 0 saturated carbocycles. The predicted molar refractivity (Wildman–Crippen MR) is 54.4 cm³/mol. The summed E-state index contributed by atoms with van der Waals surface area (Å²) in [7, 11) is 0. The van der Waals surface area contributed by atoms with Crippen LogP contribution in [0.25, 0.3) is 0 Å². The highest BCUT2D eigenvalue weighted by Crippen LogP contribution is 2.41. The first-order valence-electron chi connectivity index (χ1n) is 4.33. The first kappa shape index (κ1) is 15.4. The van der Waals surface area contributed by atoms with Crippen LogP contribution in [-0.2, 0) is 6.18 Å². The summed E-state index contributed by atoms with van der Waals surface area (Å²) in [6.45, 7) is 0. The van der Waals surface area contributed by atoms with Crippen LogP contribution in [0.3, 0.4) is 0 Å². The van der Waals surface area contributed by atoms with Gasteiger partial charge in [0.1, 0.15) is 6.04 Å². The largest absolute Gasteiger partial charge is 0.416 e. The molecule has 0 aliphatic heterocycles. The van der Waals surface area contributed by atoms with Crippen molar-refractivity contribution in [3.63, 3.8) is 0 Å². The van der Waals surface area contributed by atoms with E-state index in [1.807, 2.05) is 0 Å². The second kappa shape index (κ2) is 4.79. The molecule has 1 atom stereocenters. The summed E-state index contributed by atoms with van der Waals surface area (Å²) in [5.74, 6) is 0. The van der Waals surface area contributed by atoms with Crippen molar-refractivity contribution >= 4 is 23.2 Å². The van der Waals surface area contributed by atoms with Crippen molar-refractivity contribution in [1.82, 2.24) is 0 Å². The number of hydrogen-bond acceptors (Lipinski definition) is 1. The monoisotopic (exact) mass is 311 g/mol. The fraction of sp³-hybridized carbons (Fsp3) is 0.333. The van der Waals surface area contributed by atoms with Gasteiger partial charge in [-0.3, -0.25) is 0 Å². The summed E-state index contributed by atoms with van der Waals surface area (Å²) < 4.78 is 74.1. The third-order valence-electron chi connectivity index (χ3n) is 2.07. The van der Waals surface area contributed by atoms with Crippen molar-refractivity contribution in [2.24, 2.45) is 5.73 Å². The molecule has 1 aromatic rings. The second-order valence-electron chi connectivity index (χ2n) is 3.37. The van der Waals surface area contributed by atoms with E-state index < -0.39 is 39.6 Å². The minimum atomic E-state index is -4.85. The lowest BCUT2D eigenvalue weighted by molar-refractivity contribution is -0.149. The number of halogens is 8. The summed E-state index contributed by atoms with van der Waals surface area (Å²) in [6, 6.07) is -1.83. The van der Waals surface area contributed by atoms with E-state index in [1.165, 1.54) is 0 Å². The Hall–Kier alpha value is -0.660. The molecule has 102 valence electrons. The topological polar surface area (TPSA) is 26.0 Å². The molecule has 0 radical (unpaired) electrons. The van der Waals surface area contributed by atoms with E-state index in [1.54, 1.807) is 0 Å². The highest BCUT2D eigenvalue weighted by atomic mass is 35.5. The van der Waals surface area contributed by atoms with E-state index in [0.29, 0.717) is 12.1 Å². The van der Waals surface area contributed by atoms with Crippen molar-refractivity contribution < 1.29 is 26.3 Å². The molecule has 0 bridgehead atoms. The number of rotatable bonds is 1. The van der Waals surface area contributed by atoms with Gasteiger partial charge in [-0.15, -0.1) is 0 Å². The first-order chi connectivity index (χ1) is 7.94. The van der Waals surface area contributed by atoms with Crippen LogP contribution in [0.2, 0.25) is 10.0 Å². The van der Waals surface area contributed by atoms with Crippen LogP contribution >= 0.6 is 23.2 Å². The molecule has 9 heteroatoms. The van der Waals surface area contributed by atoms with Gasteiger partial charge >= 0.3 is 12.4 Å². The van der Waals surface area contributed by atoms with Crippen molar-refractivity contribution in [2.45, 2.75) is 18.4 Å². The Morgan fingerprint density at radius 1 is 0.944 bits per heavy atom. The molecule has 0 saturated heterocycles. The lowest BCUT2D eigenvalue weighted by atomic mass is 10.0. The van der Waals surface area contributed by atoms with E-state index in [-0.39, 0.29) is 0 Å². The van der Waals surface area contributed by atoms with E-state index in [9.17, 15) is 26.3 Å². The van der Waals surface area contributed by atoms with Crippen LogP contribution in [0.1, 0.15) is 17.2 Å². The lowest BCUT2D eigenvalue weighted by Crippen LogP contribution is -2.29. The Kier molecular flexibility index (Phi) is 4.10. The molecule has 0 aliphatic rings. The van der Waals surface area contributed by atoms with E-state index in [2.05, 4.69) is 0 Å². The van der Waals surface area contributed by atoms with Crippen LogP contribution in [0.15, 0.2) is 12.1 Å². The van der Waals surface area contributed by atoms with Crippen molar-refractivity contribution in [3.05, 3.63) is 33.3 Å². The maximum Gasteiger partial charge on any atom is 0.416 e. The molecule has 0 aliphatic carbocycles. The number of nitrogens with two attached hydrogens (primary N) is 1. The molecule has 2 N–H and O–H groups in total. The first-order valence-corrected chi connectivity index (χ1v) is 5.08. The van der Waals surface area contributed by atoms with Gasteiger partial charge in [-0.2, -0.15) is 26.3 Å². The fourth-order valence-corrected chi connectivity index (χ4v) is 1.93. The van der Waals surface area contributed by atoms with Gasteiger partial charge in [0.25, 0.3) is 0 Å².